The molecule has 4 heterocycles. The lowest BCUT2D eigenvalue weighted by Gasteiger charge is -2.34. The Morgan fingerprint density at radius 1 is 0.971 bits per heavy atom. The lowest BCUT2D eigenvalue weighted by molar-refractivity contribution is 0.185. The van der Waals surface area contributed by atoms with E-state index in [0.29, 0.717) is 0 Å². The molecule has 2 aromatic heterocycles. The predicted molar refractivity (Wildman–Crippen MR) is 134 cm³/mol. The van der Waals surface area contributed by atoms with E-state index in [-0.39, 0.29) is 11.9 Å². The van der Waals surface area contributed by atoms with Gasteiger partial charge in [-0.3, -0.25) is 9.88 Å². The van der Waals surface area contributed by atoms with Crippen molar-refractivity contribution in [2.24, 2.45) is 0 Å². The molecule has 2 fully saturated rings. The second-order valence-electron chi connectivity index (χ2n) is 8.93. The lowest BCUT2D eigenvalue weighted by Crippen LogP contribution is -2.43. The number of hydrogen-bond donors (Lipinski definition) is 1. The number of anilines is 1. The van der Waals surface area contributed by atoms with Crippen LogP contribution in [0.25, 0.3) is 0 Å². The maximum Gasteiger partial charge on any atom is 0.123 e. The van der Waals surface area contributed by atoms with Crippen molar-refractivity contribution in [3.8, 4) is 0 Å². The zero-order valence-electron chi connectivity index (χ0n) is 19.6. The van der Waals surface area contributed by atoms with Crippen LogP contribution >= 0.6 is 11.9 Å². The van der Waals surface area contributed by atoms with Gasteiger partial charge in [0, 0.05) is 76.2 Å². The van der Waals surface area contributed by atoms with Crippen molar-refractivity contribution >= 4 is 17.6 Å². The molecule has 1 unspecified atom stereocenters. The van der Waals surface area contributed by atoms with Crippen LogP contribution in [0.15, 0.2) is 60.1 Å². The van der Waals surface area contributed by atoms with Crippen LogP contribution in [0.2, 0.25) is 0 Å². The summed E-state index contributed by atoms with van der Waals surface area (Å²) >= 11 is 1.81. The number of halogens is 1. The molecule has 2 saturated heterocycles. The van der Waals surface area contributed by atoms with E-state index in [1.807, 2.05) is 49.0 Å². The van der Waals surface area contributed by atoms with Gasteiger partial charge in [-0.25, -0.2) is 13.7 Å². The highest BCUT2D eigenvalue weighted by molar-refractivity contribution is 7.97. The van der Waals surface area contributed by atoms with Gasteiger partial charge < -0.3 is 14.8 Å². The van der Waals surface area contributed by atoms with Crippen LogP contribution in [0.3, 0.4) is 0 Å². The SMILES string of the molecule is CC(c1ccc(F)cc1)n1cncc1CN1CCN(Sc2cncc(N3CCNCC3)c2)CC1. The molecular weight excluding hydrogens is 449 g/mol. The van der Waals surface area contributed by atoms with E-state index < -0.39 is 0 Å². The summed E-state index contributed by atoms with van der Waals surface area (Å²) in [4.78, 5) is 15.0. The van der Waals surface area contributed by atoms with Crippen molar-refractivity contribution in [2.75, 3.05) is 57.3 Å². The first-order valence-corrected chi connectivity index (χ1v) is 12.8. The third-order valence-electron chi connectivity index (χ3n) is 6.65. The molecule has 2 aliphatic heterocycles. The van der Waals surface area contributed by atoms with Crippen molar-refractivity contribution in [1.29, 1.82) is 0 Å². The van der Waals surface area contributed by atoms with Crippen LogP contribution in [0.4, 0.5) is 10.1 Å². The smallest absolute Gasteiger partial charge is 0.123 e. The molecule has 5 rings (SSSR count). The first-order valence-electron chi connectivity index (χ1n) is 12.0. The van der Waals surface area contributed by atoms with Gasteiger partial charge in [0.15, 0.2) is 0 Å². The number of nitrogens with one attached hydrogen (secondary N) is 1. The standard InChI is InChI=1S/C25H32FN7S/c1-20(21-2-4-22(26)5-3-21)33-19-29-16-24(33)18-30-10-12-32(13-11-30)34-25-14-23(15-28-17-25)31-8-6-27-7-9-31/h2-5,14-17,19-20,27H,6-13,18H2,1H3. The summed E-state index contributed by atoms with van der Waals surface area (Å²) in [7, 11) is 0. The Morgan fingerprint density at radius 3 is 2.50 bits per heavy atom. The molecule has 34 heavy (non-hydrogen) atoms. The van der Waals surface area contributed by atoms with Crippen molar-refractivity contribution in [3.63, 3.8) is 0 Å². The normalized spacial score (nSPS) is 18.8. The maximum atomic E-state index is 13.3. The summed E-state index contributed by atoms with van der Waals surface area (Å²) in [5.41, 5.74) is 3.48. The van der Waals surface area contributed by atoms with E-state index in [0.717, 1.165) is 64.5 Å². The van der Waals surface area contributed by atoms with E-state index in [1.165, 1.54) is 28.4 Å². The van der Waals surface area contributed by atoms with Crippen LogP contribution in [0.5, 0.6) is 0 Å². The third kappa shape index (κ3) is 5.60. The molecular formula is C25H32FN7S. The molecule has 7 nitrogen and oxygen atoms in total. The van der Waals surface area contributed by atoms with Crippen molar-refractivity contribution in [3.05, 3.63) is 72.3 Å². The van der Waals surface area contributed by atoms with Crippen molar-refractivity contribution in [2.45, 2.75) is 24.4 Å². The number of pyridine rings is 1. The highest BCUT2D eigenvalue weighted by atomic mass is 32.2. The molecule has 3 aromatic rings. The molecule has 180 valence electrons. The van der Waals surface area contributed by atoms with Gasteiger partial charge >= 0.3 is 0 Å². The monoisotopic (exact) mass is 481 g/mol. The van der Waals surface area contributed by atoms with Crippen LogP contribution in [-0.4, -0.2) is 76.1 Å². The van der Waals surface area contributed by atoms with E-state index in [1.54, 1.807) is 0 Å². The molecule has 0 radical (unpaired) electrons. The molecule has 1 atom stereocenters. The summed E-state index contributed by atoms with van der Waals surface area (Å²) in [6, 6.07) is 9.13. The third-order valence-corrected chi connectivity index (χ3v) is 7.71. The first kappa shape index (κ1) is 23.3. The topological polar surface area (TPSA) is 52.5 Å². The number of hydrogen-bond acceptors (Lipinski definition) is 7. The van der Waals surface area contributed by atoms with E-state index in [4.69, 9.17) is 0 Å². The molecule has 2 aliphatic rings. The van der Waals surface area contributed by atoms with Crippen LogP contribution in [0, 0.1) is 5.82 Å². The summed E-state index contributed by atoms with van der Waals surface area (Å²) in [5.74, 6) is -0.205. The highest BCUT2D eigenvalue weighted by Crippen LogP contribution is 2.27. The largest absolute Gasteiger partial charge is 0.368 e. The molecule has 1 aromatic carbocycles. The Balaban J connectivity index is 1.15. The average Bonchev–Trinajstić information content (AvgIpc) is 3.34. The fraction of sp³-hybridized carbons (Fsp3) is 0.440. The second kappa shape index (κ2) is 10.9. The van der Waals surface area contributed by atoms with Gasteiger partial charge in [-0.05, 0) is 42.6 Å². The summed E-state index contributed by atoms with van der Waals surface area (Å²) < 4.78 is 17.9. The number of rotatable bonds is 7. The van der Waals surface area contributed by atoms with Crippen molar-refractivity contribution < 1.29 is 4.39 Å². The van der Waals surface area contributed by atoms with Gasteiger partial charge in [0.25, 0.3) is 0 Å². The second-order valence-corrected chi connectivity index (χ2v) is 10.1. The minimum absolute atomic E-state index is 0.116. The van der Waals surface area contributed by atoms with Crippen LogP contribution in [0.1, 0.15) is 24.2 Å². The zero-order chi connectivity index (χ0) is 23.3. The molecule has 9 heteroatoms. The molecule has 0 aliphatic carbocycles. The number of piperazine rings is 2. The molecule has 0 amide bonds. The minimum atomic E-state index is -0.205. The lowest BCUT2D eigenvalue weighted by atomic mass is 10.1. The maximum absolute atomic E-state index is 13.3. The van der Waals surface area contributed by atoms with Gasteiger partial charge in [-0.15, -0.1) is 0 Å². The van der Waals surface area contributed by atoms with Gasteiger partial charge in [0.05, 0.1) is 29.9 Å². The van der Waals surface area contributed by atoms with Crippen molar-refractivity contribution in [1.82, 2.24) is 29.1 Å². The predicted octanol–water partition coefficient (Wildman–Crippen LogP) is 3.26. The first-order chi connectivity index (χ1) is 16.7. The van der Waals surface area contributed by atoms with Gasteiger partial charge in [0.2, 0.25) is 0 Å². The Bertz CT molecular complexity index is 1060. The quantitative estimate of drug-likeness (QED) is 0.520. The Labute approximate surface area is 205 Å². The zero-order valence-corrected chi connectivity index (χ0v) is 20.4. The Hall–Kier alpha value is -2.46. The Kier molecular flexibility index (Phi) is 7.44. The van der Waals surface area contributed by atoms with E-state index in [9.17, 15) is 4.39 Å². The molecule has 1 N–H and O–H groups in total. The summed E-state index contributed by atoms with van der Waals surface area (Å²) in [6.07, 6.45) is 7.78. The highest BCUT2D eigenvalue weighted by Gasteiger charge is 2.21. The number of imidazole rings is 1. The fourth-order valence-electron chi connectivity index (χ4n) is 4.62. The van der Waals surface area contributed by atoms with Crippen LogP contribution < -0.4 is 10.2 Å². The number of benzene rings is 1. The molecule has 0 bridgehead atoms. The van der Waals surface area contributed by atoms with E-state index in [2.05, 4.69) is 46.9 Å². The Morgan fingerprint density at radius 2 is 1.74 bits per heavy atom. The fourth-order valence-corrected chi connectivity index (χ4v) is 5.54. The number of aromatic nitrogens is 3. The summed E-state index contributed by atoms with van der Waals surface area (Å²) in [6.45, 7) is 11.1. The van der Waals surface area contributed by atoms with E-state index >= 15 is 0 Å². The van der Waals surface area contributed by atoms with Gasteiger partial charge in [0.1, 0.15) is 5.82 Å². The average molecular weight is 482 g/mol. The minimum Gasteiger partial charge on any atom is -0.368 e. The molecule has 0 saturated carbocycles. The summed E-state index contributed by atoms with van der Waals surface area (Å²) in [5, 5.41) is 3.41. The van der Waals surface area contributed by atoms with Crippen LogP contribution in [-0.2, 0) is 6.54 Å². The molecule has 0 spiro atoms. The van der Waals surface area contributed by atoms with Gasteiger partial charge in [-0.1, -0.05) is 12.1 Å². The number of nitrogens with zero attached hydrogens (tertiary/aromatic N) is 6. The van der Waals surface area contributed by atoms with Gasteiger partial charge in [-0.2, -0.15) is 0 Å².